The summed E-state index contributed by atoms with van der Waals surface area (Å²) in [6.45, 7) is 2.24. The van der Waals surface area contributed by atoms with Crippen LogP contribution in [0.25, 0.3) is 0 Å². The van der Waals surface area contributed by atoms with Gasteiger partial charge in [-0.2, -0.15) is 0 Å². The maximum atomic E-state index is 4.66. The molecule has 0 fully saturated rings. The maximum Gasteiger partial charge on any atom is -0.0708 e. The summed E-state index contributed by atoms with van der Waals surface area (Å²) in [7, 11) is 0. The number of aryl methyl sites for hydroxylation is 1. The van der Waals surface area contributed by atoms with E-state index in [-0.39, 0.29) is 4.32 Å². The molecule has 0 aliphatic rings. The van der Waals surface area contributed by atoms with Crippen molar-refractivity contribution in [2.45, 2.75) is 26.2 Å². The van der Waals surface area contributed by atoms with E-state index < -0.39 is 0 Å². The van der Waals surface area contributed by atoms with E-state index in [1.807, 2.05) is 0 Å². The fraction of sp³-hybridized carbons (Fsp3) is 0.364. The Kier molecular flexibility index (Phi) is 9.17. The molecule has 2 N–H and O–H groups in total. The standard InChI is InChI=1S/C10H13.CH3NS2.Zn/c1-2-3-7-10-8-5-4-6-9-10;2-1(3)4;/h4-6,8H,2-3,7H2,1H3;(H3,2,3,4);/q;;+1/p-1. The summed E-state index contributed by atoms with van der Waals surface area (Å²) in [5.74, 6) is 0. The van der Waals surface area contributed by atoms with Gasteiger partial charge in [0.2, 0.25) is 0 Å². The van der Waals surface area contributed by atoms with Gasteiger partial charge < -0.3 is 30.6 Å². The summed E-state index contributed by atoms with van der Waals surface area (Å²) >= 11 is 9.55. The van der Waals surface area contributed by atoms with E-state index in [9.17, 15) is 0 Å². The average Bonchev–Trinajstić information content (AvgIpc) is 2.16. The molecule has 0 unspecified atom stereocenters. The zero-order valence-corrected chi connectivity index (χ0v) is 13.6. The second-order valence-electron chi connectivity index (χ2n) is 3.19. The van der Waals surface area contributed by atoms with Crippen molar-refractivity contribution in [1.82, 2.24) is 0 Å². The first-order valence-electron chi connectivity index (χ1n) is 4.94. The second-order valence-corrected chi connectivity index (χ2v) is 5.93. The summed E-state index contributed by atoms with van der Waals surface area (Å²) in [5.41, 5.74) is 6.22. The first-order chi connectivity index (χ1) is 7.07. The molecule has 0 saturated heterocycles. The van der Waals surface area contributed by atoms with Gasteiger partial charge in [0.25, 0.3) is 0 Å². The molecule has 78 valence electrons. The maximum absolute atomic E-state index is 4.66. The van der Waals surface area contributed by atoms with Crippen molar-refractivity contribution in [3.63, 3.8) is 0 Å². The van der Waals surface area contributed by atoms with Crippen molar-refractivity contribution < 1.29 is 18.3 Å². The SMILES string of the molecule is CCCCc1cccc[c]1[Zn+].NC(=S)[S-]. The molecule has 0 saturated carbocycles. The van der Waals surface area contributed by atoms with Gasteiger partial charge in [-0.3, -0.25) is 0 Å². The van der Waals surface area contributed by atoms with Gasteiger partial charge in [-0.15, -0.1) is 0 Å². The van der Waals surface area contributed by atoms with Gasteiger partial charge in [0.1, 0.15) is 0 Å². The Bertz CT molecular complexity index is 298. The van der Waals surface area contributed by atoms with Gasteiger partial charge in [0.15, 0.2) is 0 Å². The number of hydrogen-bond acceptors (Lipinski definition) is 2. The summed E-state index contributed by atoms with van der Waals surface area (Å²) < 4.78 is 1.64. The van der Waals surface area contributed by atoms with E-state index >= 15 is 0 Å². The third-order valence-electron chi connectivity index (χ3n) is 1.92. The Balaban J connectivity index is 0.000000423. The van der Waals surface area contributed by atoms with Crippen molar-refractivity contribution in [3.8, 4) is 0 Å². The Hall–Kier alpha value is -0.0466. The quantitative estimate of drug-likeness (QED) is 0.524. The molecule has 0 atom stereocenters. The molecule has 0 aliphatic carbocycles. The van der Waals surface area contributed by atoms with Crippen LogP contribution in [0, 0.1) is 0 Å². The fourth-order valence-corrected chi connectivity index (χ4v) is 2.07. The van der Waals surface area contributed by atoms with Crippen molar-refractivity contribution in [2.75, 3.05) is 0 Å². The summed E-state index contributed by atoms with van der Waals surface area (Å²) in [6.07, 6.45) is 3.90. The monoisotopic (exact) mass is 289 g/mol. The van der Waals surface area contributed by atoms with Crippen LogP contribution in [0.3, 0.4) is 0 Å². The van der Waals surface area contributed by atoms with E-state index in [4.69, 9.17) is 0 Å². The molecule has 0 radical (unpaired) electrons. The number of nitrogens with two attached hydrogens (primary N) is 1. The normalized spacial score (nSPS) is 9.00. The molecule has 1 aromatic carbocycles. The molecule has 1 rings (SSSR count). The predicted molar refractivity (Wildman–Crippen MR) is 68.8 cm³/mol. The van der Waals surface area contributed by atoms with Crippen molar-refractivity contribution in [1.29, 1.82) is 0 Å². The van der Waals surface area contributed by atoms with Gasteiger partial charge in [-0.05, 0) is 0 Å². The summed E-state index contributed by atoms with van der Waals surface area (Å²) in [6, 6.07) is 8.78. The number of rotatable bonds is 3. The predicted octanol–water partition coefficient (Wildman–Crippen LogP) is 1.98. The van der Waals surface area contributed by atoms with Crippen LogP contribution in [-0.4, -0.2) is 4.32 Å². The minimum atomic E-state index is 0.0833. The van der Waals surface area contributed by atoms with E-state index in [0.717, 1.165) is 0 Å². The van der Waals surface area contributed by atoms with Crippen molar-refractivity contribution in [3.05, 3.63) is 29.8 Å². The van der Waals surface area contributed by atoms with Gasteiger partial charge in [-0.25, -0.2) is 0 Å². The summed E-state index contributed by atoms with van der Waals surface area (Å²) in [5, 5.41) is 0. The summed E-state index contributed by atoms with van der Waals surface area (Å²) in [4.78, 5) is 0. The molecular formula is C11H15NS2Zn. The number of unbranched alkanes of at least 4 members (excludes halogenated alkanes) is 1. The van der Waals surface area contributed by atoms with E-state index in [1.165, 1.54) is 37.6 Å². The molecule has 0 aliphatic heterocycles. The first-order valence-corrected chi connectivity index (χ1v) is 7.24. The van der Waals surface area contributed by atoms with Crippen LogP contribution in [0.2, 0.25) is 0 Å². The van der Waals surface area contributed by atoms with E-state index in [2.05, 4.69) is 61.8 Å². The van der Waals surface area contributed by atoms with Crippen molar-refractivity contribution >= 4 is 33.3 Å². The van der Waals surface area contributed by atoms with Crippen LogP contribution in [0.1, 0.15) is 25.3 Å². The molecule has 0 aromatic heterocycles. The molecule has 4 heteroatoms. The number of hydrogen-bond donors (Lipinski definition) is 1. The minimum absolute atomic E-state index is 0.0833. The van der Waals surface area contributed by atoms with Gasteiger partial charge >= 0.3 is 78.5 Å². The van der Waals surface area contributed by atoms with Crippen LogP contribution in [0.4, 0.5) is 0 Å². The first kappa shape index (κ1) is 15.0. The van der Waals surface area contributed by atoms with Crippen molar-refractivity contribution in [2.24, 2.45) is 5.73 Å². The zero-order valence-electron chi connectivity index (χ0n) is 9.03. The topological polar surface area (TPSA) is 26.0 Å². The Labute approximate surface area is 113 Å². The largest absolute Gasteiger partial charge is 0.415 e. The zero-order chi connectivity index (χ0) is 11.7. The van der Waals surface area contributed by atoms with E-state index in [0.29, 0.717) is 0 Å². The molecule has 0 amide bonds. The second kappa shape index (κ2) is 9.20. The molecule has 0 heterocycles. The van der Waals surface area contributed by atoms with Crippen LogP contribution in [0.5, 0.6) is 0 Å². The third-order valence-corrected chi connectivity index (χ3v) is 3.37. The molecule has 0 bridgehead atoms. The molecule has 0 spiro atoms. The molecule has 1 nitrogen and oxygen atoms in total. The van der Waals surface area contributed by atoms with Gasteiger partial charge in [0, 0.05) is 0 Å². The Morgan fingerprint density at radius 2 is 2.00 bits per heavy atom. The minimum Gasteiger partial charge on any atom is -0.415 e. The number of benzene rings is 1. The van der Waals surface area contributed by atoms with Gasteiger partial charge in [-0.1, -0.05) is 4.32 Å². The Morgan fingerprint density at radius 3 is 2.47 bits per heavy atom. The fourth-order valence-electron chi connectivity index (χ4n) is 1.17. The van der Waals surface area contributed by atoms with Crippen LogP contribution >= 0.6 is 12.2 Å². The van der Waals surface area contributed by atoms with Crippen LogP contribution in [-0.2, 0) is 37.4 Å². The van der Waals surface area contributed by atoms with Gasteiger partial charge in [0.05, 0.1) is 0 Å². The third kappa shape index (κ3) is 8.92. The van der Waals surface area contributed by atoms with E-state index in [1.54, 1.807) is 9.72 Å². The Morgan fingerprint density at radius 1 is 1.47 bits per heavy atom. The van der Waals surface area contributed by atoms with Crippen LogP contribution in [0.15, 0.2) is 24.3 Å². The molecular weight excluding hydrogens is 276 g/mol. The average molecular weight is 291 g/mol. The van der Waals surface area contributed by atoms with Crippen LogP contribution < -0.4 is 9.89 Å². The smallest absolute Gasteiger partial charge is 0.0708 e. The molecule has 15 heavy (non-hydrogen) atoms. The molecule has 1 aromatic rings. The number of thiocarbonyl (C=S) groups is 1.